The van der Waals surface area contributed by atoms with E-state index in [0.29, 0.717) is 23.7 Å². The lowest BCUT2D eigenvalue weighted by atomic mass is 10.1. The van der Waals surface area contributed by atoms with Gasteiger partial charge in [-0.25, -0.2) is 4.79 Å². The summed E-state index contributed by atoms with van der Waals surface area (Å²) in [6, 6.07) is 4.77. The van der Waals surface area contributed by atoms with Crippen LogP contribution in [0.3, 0.4) is 0 Å². The van der Waals surface area contributed by atoms with Gasteiger partial charge in [-0.3, -0.25) is 15.0 Å². The molecule has 6 nitrogen and oxygen atoms in total. The lowest BCUT2D eigenvalue weighted by Crippen LogP contribution is -2.53. The number of hydrogen-bond acceptors (Lipinski definition) is 4. The summed E-state index contributed by atoms with van der Waals surface area (Å²) in [7, 11) is 3.08. The molecule has 0 bridgehead atoms. The smallest absolute Gasteiger partial charge is 0.328 e. The van der Waals surface area contributed by atoms with Gasteiger partial charge in [0.15, 0.2) is 11.5 Å². The Hall–Kier alpha value is -2.24. The molecule has 0 spiro atoms. The van der Waals surface area contributed by atoms with E-state index in [2.05, 4.69) is 5.32 Å². The number of methoxy groups -OCH3 is 2. The van der Waals surface area contributed by atoms with Gasteiger partial charge in [0.1, 0.15) is 0 Å². The van der Waals surface area contributed by atoms with Gasteiger partial charge in [0.2, 0.25) is 5.91 Å². The highest BCUT2D eigenvalue weighted by Crippen LogP contribution is 2.32. The fraction of sp³-hybridized carbons (Fsp3) is 0.385. The summed E-state index contributed by atoms with van der Waals surface area (Å²) in [4.78, 5) is 24.7. The van der Waals surface area contributed by atoms with E-state index >= 15 is 0 Å². The number of hydrogen-bond donors (Lipinski definition) is 1. The first-order valence-electron chi connectivity index (χ1n) is 5.91. The van der Waals surface area contributed by atoms with Crippen molar-refractivity contribution in [3.8, 4) is 11.5 Å². The maximum atomic E-state index is 11.8. The molecule has 1 aromatic rings. The standard InChI is InChI=1S/C13H16N2O4/c1-8-7-15(13(17)14-12(8)16)9-4-5-10(18-2)11(6-9)19-3/h4-6,8H,7H2,1-3H3,(H,14,16,17). The molecule has 0 aromatic heterocycles. The first-order chi connectivity index (χ1) is 9.06. The molecule has 1 fully saturated rings. The molecule has 0 saturated carbocycles. The minimum absolute atomic E-state index is 0.245. The van der Waals surface area contributed by atoms with Crippen LogP contribution in [-0.4, -0.2) is 32.7 Å². The van der Waals surface area contributed by atoms with Crippen molar-refractivity contribution in [3.63, 3.8) is 0 Å². The van der Waals surface area contributed by atoms with E-state index in [1.54, 1.807) is 32.2 Å². The van der Waals surface area contributed by atoms with Crippen molar-refractivity contribution in [2.75, 3.05) is 25.7 Å². The molecule has 0 aliphatic carbocycles. The number of nitrogens with one attached hydrogen (secondary N) is 1. The monoisotopic (exact) mass is 264 g/mol. The highest BCUT2D eigenvalue weighted by Gasteiger charge is 2.30. The predicted octanol–water partition coefficient (Wildman–Crippen LogP) is 1.40. The van der Waals surface area contributed by atoms with Crippen molar-refractivity contribution in [3.05, 3.63) is 18.2 Å². The first kappa shape index (κ1) is 13.2. The quantitative estimate of drug-likeness (QED) is 0.896. The minimum atomic E-state index is -0.421. The largest absolute Gasteiger partial charge is 0.493 e. The third kappa shape index (κ3) is 2.47. The Morgan fingerprint density at radius 1 is 1.21 bits per heavy atom. The Balaban J connectivity index is 2.31. The first-order valence-corrected chi connectivity index (χ1v) is 5.91. The molecule has 1 aliphatic rings. The number of benzene rings is 1. The fourth-order valence-corrected chi connectivity index (χ4v) is 1.95. The summed E-state index contributed by atoms with van der Waals surface area (Å²) in [6.07, 6.45) is 0. The molecule has 102 valence electrons. The van der Waals surface area contributed by atoms with E-state index in [4.69, 9.17) is 9.47 Å². The van der Waals surface area contributed by atoms with Gasteiger partial charge < -0.3 is 9.47 Å². The average Bonchev–Trinajstić information content (AvgIpc) is 2.42. The number of rotatable bonds is 3. The van der Waals surface area contributed by atoms with E-state index in [-0.39, 0.29) is 11.8 Å². The van der Waals surface area contributed by atoms with Crippen LogP contribution in [0.4, 0.5) is 10.5 Å². The van der Waals surface area contributed by atoms with Gasteiger partial charge in [0.05, 0.1) is 20.1 Å². The van der Waals surface area contributed by atoms with Crippen molar-refractivity contribution in [2.45, 2.75) is 6.92 Å². The Kier molecular flexibility index (Phi) is 3.59. The molecule has 6 heteroatoms. The number of amides is 3. The molecule has 1 heterocycles. The summed E-state index contributed by atoms with van der Waals surface area (Å²) in [5.74, 6) is 0.637. The second kappa shape index (κ2) is 5.17. The number of anilines is 1. The summed E-state index contributed by atoms with van der Waals surface area (Å²) < 4.78 is 10.3. The third-order valence-corrected chi connectivity index (χ3v) is 3.06. The van der Waals surface area contributed by atoms with Gasteiger partial charge in [-0.1, -0.05) is 6.92 Å². The molecule has 1 unspecified atom stereocenters. The maximum Gasteiger partial charge on any atom is 0.328 e. The van der Waals surface area contributed by atoms with Crippen LogP contribution in [0.1, 0.15) is 6.92 Å². The van der Waals surface area contributed by atoms with Gasteiger partial charge in [0, 0.05) is 18.3 Å². The van der Waals surface area contributed by atoms with Crippen LogP contribution in [0.25, 0.3) is 0 Å². The Bertz CT molecular complexity index is 515. The topological polar surface area (TPSA) is 67.9 Å². The zero-order valence-electron chi connectivity index (χ0n) is 11.1. The van der Waals surface area contributed by atoms with Crippen molar-refractivity contribution in [1.29, 1.82) is 0 Å². The number of urea groups is 1. The van der Waals surface area contributed by atoms with Gasteiger partial charge in [-0.2, -0.15) is 0 Å². The second-order valence-corrected chi connectivity index (χ2v) is 4.35. The number of carbonyl (C=O) groups is 2. The van der Waals surface area contributed by atoms with Gasteiger partial charge in [-0.05, 0) is 12.1 Å². The van der Waals surface area contributed by atoms with Crippen LogP contribution in [0.5, 0.6) is 11.5 Å². The summed E-state index contributed by atoms with van der Waals surface area (Å²) in [5, 5.41) is 2.32. The van der Waals surface area contributed by atoms with E-state index in [9.17, 15) is 9.59 Å². The average molecular weight is 264 g/mol. The Labute approximate surface area is 111 Å². The number of ether oxygens (including phenoxy) is 2. The molecule has 1 N–H and O–H groups in total. The molecular weight excluding hydrogens is 248 g/mol. The summed E-state index contributed by atoms with van der Waals surface area (Å²) in [5.41, 5.74) is 0.662. The highest BCUT2D eigenvalue weighted by molar-refractivity contribution is 6.06. The lowest BCUT2D eigenvalue weighted by Gasteiger charge is -2.30. The summed E-state index contributed by atoms with van der Waals surface area (Å²) in [6.45, 7) is 2.12. The molecule has 3 amide bonds. The van der Waals surface area contributed by atoms with Gasteiger partial charge in [0.25, 0.3) is 0 Å². The third-order valence-electron chi connectivity index (χ3n) is 3.06. The fourth-order valence-electron chi connectivity index (χ4n) is 1.95. The van der Waals surface area contributed by atoms with E-state index < -0.39 is 6.03 Å². The molecule has 0 radical (unpaired) electrons. The van der Waals surface area contributed by atoms with Crippen LogP contribution in [0, 0.1) is 5.92 Å². The maximum absolute atomic E-state index is 11.8. The molecule has 2 rings (SSSR count). The second-order valence-electron chi connectivity index (χ2n) is 4.35. The normalized spacial score (nSPS) is 19.1. The molecule has 19 heavy (non-hydrogen) atoms. The highest BCUT2D eigenvalue weighted by atomic mass is 16.5. The Morgan fingerprint density at radius 3 is 2.53 bits per heavy atom. The summed E-state index contributed by atoms with van der Waals surface area (Å²) >= 11 is 0. The van der Waals surface area contributed by atoms with Crippen LogP contribution in [0.2, 0.25) is 0 Å². The van der Waals surface area contributed by atoms with Crippen molar-refractivity contribution in [1.82, 2.24) is 5.32 Å². The van der Waals surface area contributed by atoms with E-state index in [1.165, 1.54) is 12.0 Å². The van der Waals surface area contributed by atoms with Crippen molar-refractivity contribution in [2.24, 2.45) is 5.92 Å². The van der Waals surface area contributed by atoms with E-state index in [0.717, 1.165) is 0 Å². The molecule has 1 atom stereocenters. The van der Waals surface area contributed by atoms with Crippen LogP contribution < -0.4 is 19.7 Å². The zero-order chi connectivity index (χ0) is 14.0. The number of imide groups is 1. The molecule has 1 aliphatic heterocycles. The van der Waals surface area contributed by atoms with Gasteiger partial charge in [-0.15, -0.1) is 0 Å². The molecular formula is C13H16N2O4. The predicted molar refractivity (Wildman–Crippen MR) is 69.6 cm³/mol. The van der Waals surface area contributed by atoms with Gasteiger partial charge >= 0.3 is 6.03 Å². The zero-order valence-corrected chi connectivity index (χ0v) is 11.1. The number of carbonyl (C=O) groups excluding carboxylic acids is 2. The van der Waals surface area contributed by atoms with E-state index in [1.807, 2.05) is 0 Å². The van der Waals surface area contributed by atoms with Crippen LogP contribution in [-0.2, 0) is 4.79 Å². The van der Waals surface area contributed by atoms with Crippen LogP contribution >= 0.6 is 0 Å². The lowest BCUT2D eigenvalue weighted by molar-refractivity contribution is -0.123. The molecule has 1 aromatic carbocycles. The SMILES string of the molecule is COc1ccc(N2CC(C)C(=O)NC2=O)cc1OC. The van der Waals surface area contributed by atoms with Crippen LogP contribution in [0.15, 0.2) is 18.2 Å². The molecule has 1 saturated heterocycles. The minimum Gasteiger partial charge on any atom is -0.493 e. The van der Waals surface area contributed by atoms with Crippen molar-refractivity contribution >= 4 is 17.6 Å². The number of nitrogens with zero attached hydrogens (tertiary/aromatic N) is 1. The Morgan fingerprint density at radius 2 is 1.89 bits per heavy atom. The van der Waals surface area contributed by atoms with Crippen molar-refractivity contribution < 1.29 is 19.1 Å².